The smallest absolute Gasteiger partial charge is 0.333 e. The van der Waals surface area contributed by atoms with E-state index in [2.05, 4.69) is 9.73 Å². The number of hydrogen-bond donors (Lipinski definition) is 1. The molecule has 1 saturated carbocycles. The van der Waals surface area contributed by atoms with Crippen LogP contribution in [0.3, 0.4) is 0 Å². The Labute approximate surface area is 87.8 Å². The number of carbonyl (C=O) groups excluding carboxylic acids is 1. The molecule has 0 unspecified atom stereocenters. The van der Waals surface area contributed by atoms with E-state index >= 15 is 0 Å². The van der Waals surface area contributed by atoms with Gasteiger partial charge in [-0.3, -0.25) is 4.99 Å². The van der Waals surface area contributed by atoms with Crippen LogP contribution in [-0.2, 0) is 9.53 Å². The predicted octanol–water partition coefficient (Wildman–Crippen LogP) is 1.19. The van der Waals surface area contributed by atoms with Crippen LogP contribution < -0.4 is 5.73 Å². The number of nitrogens with zero attached hydrogens (tertiary/aromatic N) is 1. The van der Waals surface area contributed by atoms with E-state index in [4.69, 9.17) is 17.3 Å². The van der Waals surface area contributed by atoms with E-state index in [9.17, 15) is 4.79 Å². The highest BCUT2D eigenvalue weighted by Crippen LogP contribution is 2.41. The Kier molecular flexibility index (Phi) is 3.16. The Hall–Kier alpha value is -1.03. The Morgan fingerprint density at radius 1 is 1.64 bits per heavy atom. The highest BCUT2D eigenvalue weighted by Gasteiger charge is 2.51. The summed E-state index contributed by atoms with van der Waals surface area (Å²) in [4.78, 5) is 15.4. The molecule has 1 aliphatic carbocycles. The van der Waals surface area contributed by atoms with Crippen molar-refractivity contribution in [3.8, 4) is 0 Å². The molecule has 0 aromatic rings. The number of hydrogen-bond acceptors (Lipinski definition) is 4. The minimum absolute atomic E-state index is 0.243. The first-order valence-electron chi connectivity index (χ1n) is 4.28. The molecule has 0 aliphatic heterocycles. The third-order valence-electron chi connectivity index (χ3n) is 1.96. The zero-order valence-electron chi connectivity index (χ0n) is 8.21. The molecule has 0 saturated heterocycles. The number of halogens is 1. The fourth-order valence-corrected chi connectivity index (χ4v) is 1.43. The van der Waals surface area contributed by atoms with Crippen molar-refractivity contribution < 1.29 is 9.53 Å². The van der Waals surface area contributed by atoms with E-state index in [-0.39, 0.29) is 11.1 Å². The lowest BCUT2D eigenvalue weighted by Crippen LogP contribution is -2.22. The second-order valence-electron chi connectivity index (χ2n) is 3.35. The van der Waals surface area contributed by atoms with Crippen molar-refractivity contribution in [2.75, 3.05) is 7.11 Å². The van der Waals surface area contributed by atoms with E-state index < -0.39 is 5.54 Å². The van der Waals surface area contributed by atoms with Gasteiger partial charge in [-0.05, 0) is 25.8 Å². The SMILES string of the molecule is COC(=O)C1(N=C(Cl)C=C(C)N)CC1. The van der Waals surface area contributed by atoms with Gasteiger partial charge in [0.25, 0.3) is 0 Å². The van der Waals surface area contributed by atoms with Crippen LogP contribution in [0.4, 0.5) is 0 Å². The van der Waals surface area contributed by atoms with Crippen LogP contribution in [0.15, 0.2) is 16.8 Å². The average molecular weight is 217 g/mol. The number of nitrogens with two attached hydrogens (primary N) is 1. The topological polar surface area (TPSA) is 64.7 Å². The maximum atomic E-state index is 11.3. The first-order chi connectivity index (χ1) is 6.50. The molecule has 0 aromatic carbocycles. The molecule has 0 spiro atoms. The van der Waals surface area contributed by atoms with Gasteiger partial charge in [0.2, 0.25) is 0 Å². The minimum Gasteiger partial charge on any atom is -0.467 e. The van der Waals surface area contributed by atoms with Gasteiger partial charge in [-0.25, -0.2) is 4.79 Å². The van der Waals surface area contributed by atoms with Crippen LogP contribution in [0, 0.1) is 0 Å². The number of methoxy groups -OCH3 is 1. The molecule has 1 fully saturated rings. The lowest BCUT2D eigenvalue weighted by Gasteiger charge is -2.06. The summed E-state index contributed by atoms with van der Waals surface area (Å²) >= 11 is 5.79. The fourth-order valence-electron chi connectivity index (χ4n) is 1.09. The van der Waals surface area contributed by atoms with Gasteiger partial charge < -0.3 is 10.5 Å². The first kappa shape index (κ1) is 11.0. The molecular weight excluding hydrogens is 204 g/mol. The van der Waals surface area contributed by atoms with Crippen LogP contribution in [0.1, 0.15) is 19.8 Å². The van der Waals surface area contributed by atoms with Crippen molar-refractivity contribution in [2.24, 2.45) is 10.7 Å². The minimum atomic E-state index is -0.738. The summed E-state index contributed by atoms with van der Waals surface area (Å²) in [5.74, 6) is -0.335. The summed E-state index contributed by atoms with van der Waals surface area (Å²) in [6.07, 6.45) is 2.89. The number of aliphatic imine (C=N–C) groups is 1. The van der Waals surface area contributed by atoms with Crippen molar-refractivity contribution in [1.29, 1.82) is 0 Å². The van der Waals surface area contributed by atoms with Gasteiger partial charge in [0.05, 0.1) is 7.11 Å². The van der Waals surface area contributed by atoms with Crippen molar-refractivity contribution in [2.45, 2.75) is 25.3 Å². The van der Waals surface area contributed by atoms with Gasteiger partial charge in [0.15, 0.2) is 5.54 Å². The fraction of sp³-hybridized carbons (Fsp3) is 0.556. The molecule has 0 radical (unpaired) electrons. The highest BCUT2D eigenvalue weighted by atomic mass is 35.5. The van der Waals surface area contributed by atoms with Crippen LogP contribution in [-0.4, -0.2) is 23.8 Å². The standard InChI is InChI=1S/C9H13ClN2O2/c1-6(11)5-7(10)12-9(3-4-9)8(13)14-2/h5H,3-4,11H2,1-2H3. The molecule has 14 heavy (non-hydrogen) atoms. The lowest BCUT2D eigenvalue weighted by atomic mass is 10.3. The van der Waals surface area contributed by atoms with Gasteiger partial charge in [0, 0.05) is 5.70 Å². The molecule has 0 bridgehead atoms. The predicted molar refractivity (Wildman–Crippen MR) is 55.2 cm³/mol. The van der Waals surface area contributed by atoms with Crippen molar-refractivity contribution in [3.63, 3.8) is 0 Å². The van der Waals surface area contributed by atoms with E-state index in [1.807, 2.05) is 0 Å². The summed E-state index contributed by atoms with van der Waals surface area (Å²) in [7, 11) is 1.34. The van der Waals surface area contributed by atoms with Crippen LogP contribution in [0.2, 0.25) is 0 Å². The molecule has 78 valence electrons. The molecular formula is C9H13ClN2O2. The molecule has 0 atom stereocenters. The molecule has 1 aliphatic rings. The van der Waals surface area contributed by atoms with Crippen LogP contribution >= 0.6 is 11.6 Å². The summed E-state index contributed by atoms with van der Waals surface area (Å²) in [5.41, 5.74) is 5.24. The van der Waals surface area contributed by atoms with Crippen molar-refractivity contribution in [3.05, 3.63) is 11.8 Å². The number of carbonyl (C=O) groups is 1. The monoisotopic (exact) mass is 216 g/mol. The van der Waals surface area contributed by atoms with Gasteiger partial charge in [-0.1, -0.05) is 11.6 Å². The van der Waals surface area contributed by atoms with Crippen LogP contribution in [0.25, 0.3) is 0 Å². The Morgan fingerprint density at radius 3 is 2.57 bits per heavy atom. The normalized spacial score (nSPS) is 20.5. The summed E-state index contributed by atoms with van der Waals surface area (Å²) in [6.45, 7) is 1.70. The zero-order chi connectivity index (χ0) is 10.8. The van der Waals surface area contributed by atoms with E-state index in [0.717, 1.165) is 0 Å². The number of ether oxygens (including phenoxy) is 1. The van der Waals surface area contributed by atoms with Crippen molar-refractivity contribution >= 4 is 22.7 Å². The molecule has 0 aromatic heterocycles. The van der Waals surface area contributed by atoms with E-state index in [1.165, 1.54) is 13.2 Å². The third-order valence-corrected chi connectivity index (χ3v) is 2.15. The number of rotatable bonds is 3. The lowest BCUT2D eigenvalue weighted by molar-refractivity contribution is -0.143. The largest absolute Gasteiger partial charge is 0.467 e. The Balaban J connectivity index is 2.76. The van der Waals surface area contributed by atoms with Crippen molar-refractivity contribution in [1.82, 2.24) is 0 Å². The second-order valence-corrected chi connectivity index (χ2v) is 3.73. The summed E-state index contributed by atoms with van der Waals surface area (Å²) in [6, 6.07) is 0. The number of esters is 1. The van der Waals surface area contributed by atoms with Gasteiger partial charge in [-0.15, -0.1) is 0 Å². The first-order valence-corrected chi connectivity index (χ1v) is 4.65. The van der Waals surface area contributed by atoms with Gasteiger partial charge in [0.1, 0.15) is 5.17 Å². The Morgan fingerprint density at radius 2 is 2.21 bits per heavy atom. The molecule has 4 nitrogen and oxygen atoms in total. The highest BCUT2D eigenvalue weighted by molar-refractivity contribution is 6.68. The number of allylic oxidation sites excluding steroid dienone is 2. The molecule has 5 heteroatoms. The Bertz CT molecular complexity index is 302. The summed E-state index contributed by atoms with van der Waals surface area (Å²) in [5, 5.41) is 0.243. The van der Waals surface area contributed by atoms with E-state index in [1.54, 1.807) is 6.92 Å². The quantitative estimate of drug-likeness (QED) is 0.569. The molecule has 2 N–H and O–H groups in total. The molecule has 0 heterocycles. The summed E-state index contributed by atoms with van der Waals surface area (Å²) < 4.78 is 4.63. The molecule has 1 rings (SSSR count). The average Bonchev–Trinajstić information content (AvgIpc) is 2.82. The zero-order valence-corrected chi connectivity index (χ0v) is 8.97. The van der Waals surface area contributed by atoms with E-state index in [0.29, 0.717) is 18.5 Å². The van der Waals surface area contributed by atoms with Gasteiger partial charge in [-0.2, -0.15) is 0 Å². The maximum absolute atomic E-state index is 11.3. The second kappa shape index (κ2) is 4.00. The third kappa shape index (κ3) is 2.48. The maximum Gasteiger partial charge on any atom is 0.333 e. The van der Waals surface area contributed by atoms with Gasteiger partial charge >= 0.3 is 5.97 Å². The molecule has 0 amide bonds. The van der Waals surface area contributed by atoms with Crippen LogP contribution in [0.5, 0.6) is 0 Å².